The molecule has 0 rings (SSSR count). The van der Waals surface area contributed by atoms with Gasteiger partial charge in [-0.1, -0.05) is 11.5 Å². The summed E-state index contributed by atoms with van der Waals surface area (Å²) in [7, 11) is 0. The summed E-state index contributed by atoms with van der Waals surface area (Å²) in [6, 6.07) is -0.934. The number of unbranched alkanes of at least 4 members (excludes halogenated alkanes) is 2. The van der Waals surface area contributed by atoms with Crippen LogP contribution in [0.1, 0.15) is 38.5 Å². The molecule has 0 aliphatic heterocycles. The minimum absolute atomic E-state index is 0.0546. The fraction of sp³-hybridized carbons (Fsp3) is 0.714. The fourth-order valence-electron chi connectivity index (χ4n) is 1.97. The molecule has 0 fully saturated rings. The topological polar surface area (TPSA) is 214 Å². The van der Waals surface area contributed by atoms with Crippen molar-refractivity contribution in [3.8, 4) is 0 Å². The van der Waals surface area contributed by atoms with Crippen LogP contribution < -0.4 is 27.8 Å². The first-order valence-corrected chi connectivity index (χ1v) is 8.29. The number of nitrogens with zero attached hydrogens (tertiary/aromatic N) is 4. The number of primary amides is 1. The van der Waals surface area contributed by atoms with E-state index in [9.17, 15) is 14.4 Å². The van der Waals surface area contributed by atoms with Gasteiger partial charge in [-0.25, -0.2) is 0 Å². The summed E-state index contributed by atoms with van der Waals surface area (Å²) in [4.78, 5) is 40.6. The van der Waals surface area contributed by atoms with E-state index in [-0.39, 0.29) is 30.7 Å². The largest absolute Gasteiger partial charge is 0.370 e. The van der Waals surface area contributed by atoms with Crippen LogP contribution in [0.4, 0.5) is 0 Å². The van der Waals surface area contributed by atoms with Gasteiger partial charge in [-0.05, 0) is 31.2 Å². The first-order chi connectivity index (χ1) is 12.4. The summed E-state index contributed by atoms with van der Waals surface area (Å²) < 4.78 is 0. The smallest absolute Gasteiger partial charge is 0.239 e. The van der Waals surface area contributed by atoms with Crippen LogP contribution in [0.2, 0.25) is 0 Å². The lowest BCUT2D eigenvalue weighted by Crippen LogP contribution is -2.41. The Bertz CT molecular complexity index is 540. The lowest BCUT2D eigenvalue weighted by Gasteiger charge is -2.11. The molecular formula is C14H27N9O3. The van der Waals surface area contributed by atoms with Crippen molar-refractivity contribution in [1.29, 1.82) is 0 Å². The van der Waals surface area contributed by atoms with Crippen molar-refractivity contribution >= 4 is 23.7 Å². The molecule has 0 aromatic heterocycles. The lowest BCUT2D eigenvalue weighted by atomic mass is 10.1. The Morgan fingerprint density at radius 2 is 1.77 bits per heavy atom. The summed E-state index contributed by atoms with van der Waals surface area (Å²) in [5.74, 6) is -1.29. The highest BCUT2D eigenvalue weighted by Gasteiger charge is 2.17. The standard InChI is InChI=1S/C14H27N9O3/c15-11(24)6-2-1-3-7-19-12(25)9-21-13(26)10(22-23-18)5-4-8-20-14(16)17/h10H,1-9H2,(H2,15,24)(H,19,25)(H,21,26)(H4,16,17,20)/t10-/m1/s1. The molecule has 26 heavy (non-hydrogen) atoms. The summed E-state index contributed by atoms with van der Waals surface area (Å²) in [5, 5.41) is 8.48. The van der Waals surface area contributed by atoms with Crippen LogP contribution in [0.25, 0.3) is 10.4 Å². The first kappa shape index (κ1) is 23.0. The molecule has 0 radical (unpaired) electrons. The molecule has 1 atom stereocenters. The number of azide groups is 1. The zero-order chi connectivity index (χ0) is 19.8. The number of nitrogens with one attached hydrogen (secondary N) is 2. The quantitative estimate of drug-likeness (QED) is 0.0648. The van der Waals surface area contributed by atoms with Crippen LogP contribution in [-0.2, 0) is 14.4 Å². The molecule has 146 valence electrons. The summed E-state index contributed by atoms with van der Waals surface area (Å²) >= 11 is 0. The van der Waals surface area contributed by atoms with E-state index in [1.54, 1.807) is 0 Å². The maximum absolute atomic E-state index is 12.0. The van der Waals surface area contributed by atoms with Crippen molar-refractivity contribution in [2.24, 2.45) is 27.3 Å². The SMILES string of the molecule is [N-]=[N+]=N[C@H](CCCN=C(N)N)C(=O)NCC(=O)NCCCCCC(N)=O. The monoisotopic (exact) mass is 369 g/mol. The van der Waals surface area contributed by atoms with E-state index in [2.05, 4.69) is 25.7 Å². The van der Waals surface area contributed by atoms with E-state index < -0.39 is 11.9 Å². The average Bonchev–Trinajstić information content (AvgIpc) is 2.58. The number of hydrogen-bond donors (Lipinski definition) is 5. The molecular weight excluding hydrogens is 342 g/mol. The molecule has 8 N–H and O–H groups in total. The van der Waals surface area contributed by atoms with Gasteiger partial charge in [0.25, 0.3) is 0 Å². The molecule has 0 saturated carbocycles. The van der Waals surface area contributed by atoms with Crippen molar-refractivity contribution in [2.45, 2.75) is 44.6 Å². The molecule has 12 nitrogen and oxygen atoms in total. The molecule has 0 aromatic rings. The number of nitrogens with two attached hydrogens (primary N) is 3. The van der Waals surface area contributed by atoms with Gasteiger partial charge in [-0.15, -0.1) is 0 Å². The first-order valence-electron chi connectivity index (χ1n) is 8.29. The highest BCUT2D eigenvalue weighted by atomic mass is 16.2. The minimum atomic E-state index is -0.934. The van der Waals surface area contributed by atoms with E-state index >= 15 is 0 Å². The molecule has 3 amide bonds. The third-order valence-corrected chi connectivity index (χ3v) is 3.27. The van der Waals surface area contributed by atoms with Crippen LogP contribution >= 0.6 is 0 Å². The van der Waals surface area contributed by atoms with Crippen molar-refractivity contribution in [1.82, 2.24) is 10.6 Å². The Hall–Kier alpha value is -3.01. The molecule has 0 heterocycles. The number of aliphatic imine (C=N–C) groups is 1. The number of carbonyl (C=O) groups is 3. The Morgan fingerprint density at radius 3 is 2.38 bits per heavy atom. The normalized spacial score (nSPS) is 10.9. The van der Waals surface area contributed by atoms with Crippen molar-refractivity contribution in [3.63, 3.8) is 0 Å². The van der Waals surface area contributed by atoms with Gasteiger partial charge in [0, 0.05) is 24.4 Å². The fourth-order valence-corrected chi connectivity index (χ4v) is 1.97. The Labute approximate surface area is 151 Å². The van der Waals surface area contributed by atoms with Crippen LogP contribution in [0.3, 0.4) is 0 Å². The Kier molecular flexibility index (Phi) is 12.7. The van der Waals surface area contributed by atoms with Gasteiger partial charge < -0.3 is 27.8 Å². The van der Waals surface area contributed by atoms with Crippen molar-refractivity contribution in [2.75, 3.05) is 19.6 Å². The Morgan fingerprint density at radius 1 is 1.04 bits per heavy atom. The van der Waals surface area contributed by atoms with Crippen LogP contribution in [0, 0.1) is 0 Å². The predicted molar refractivity (Wildman–Crippen MR) is 96.5 cm³/mol. The van der Waals surface area contributed by atoms with Gasteiger partial charge in [0.15, 0.2) is 5.96 Å². The van der Waals surface area contributed by atoms with E-state index in [0.717, 1.165) is 6.42 Å². The summed E-state index contributed by atoms with van der Waals surface area (Å²) in [5.41, 5.74) is 23.9. The zero-order valence-electron chi connectivity index (χ0n) is 14.7. The van der Waals surface area contributed by atoms with Crippen molar-refractivity contribution in [3.05, 3.63) is 10.4 Å². The molecule has 0 aliphatic rings. The molecule has 0 aliphatic carbocycles. The zero-order valence-corrected chi connectivity index (χ0v) is 14.7. The maximum Gasteiger partial charge on any atom is 0.239 e. The second-order valence-corrected chi connectivity index (χ2v) is 5.51. The number of guanidine groups is 1. The average molecular weight is 369 g/mol. The molecule has 0 bridgehead atoms. The molecule has 0 aromatic carbocycles. The van der Waals surface area contributed by atoms with Gasteiger partial charge in [-0.2, -0.15) is 0 Å². The highest BCUT2D eigenvalue weighted by Crippen LogP contribution is 2.03. The van der Waals surface area contributed by atoms with E-state index in [4.69, 9.17) is 22.7 Å². The van der Waals surface area contributed by atoms with Crippen LogP contribution in [-0.4, -0.2) is 49.4 Å². The third kappa shape index (κ3) is 13.4. The second kappa shape index (κ2) is 14.3. The van der Waals surface area contributed by atoms with Gasteiger partial charge in [0.2, 0.25) is 17.7 Å². The number of carbonyl (C=O) groups excluding carboxylic acids is 3. The van der Waals surface area contributed by atoms with Gasteiger partial charge >= 0.3 is 0 Å². The van der Waals surface area contributed by atoms with Gasteiger partial charge in [0.1, 0.15) is 6.04 Å². The highest BCUT2D eigenvalue weighted by molar-refractivity contribution is 5.87. The molecule has 0 spiro atoms. The predicted octanol–water partition coefficient (Wildman–Crippen LogP) is -1.00. The second-order valence-electron chi connectivity index (χ2n) is 5.51. The molecule has 0 unspecified atom stereocenters. The molecule has 12 heteroatoms. The van der Waals surface area contributed by atoms with Gasteiger partial charge in [-0.3, -0.25) is 19.4 Å². The summed E-state index contributed by atoms with van der Waals surface area (Å²) in [6.07, 6.45) is 3.19. The molecule has 0 saturated heterocycles. The maximum atomic E-state index is 12.0. The Balaban J connectivity index is 4.02. The number of rotatable bonds is 14. The van der Waals surface area contributed by atoms with Crippen molar-refractivity contribution < 1.29 is 14.4 Å². The van der Waals surface area contributed by atoms with Gasteiger partial charge in [0.05, 0.1) is 6.54 Å². The van der Waals surface area contributed by atoms with E-state index in [0.29, 0.717) is 38.8 Å². The number of amides is 3. The third-order valence-electron chi connectivity index (χ3n) is 3.27. The van der Waals surface area contributed by atoms with Crippen LogP contribution in [0.5, 0.6) is 0 Å². The minimum Gasteiger partial charge on any atom is -0.370 e. The van der Waals surface area contributed by atoms with Crippen LogP contribution in [0.15, 0.2) is 10.1 Å². The number of hydrogen-bond acceptors (Lipinski definition) is 5. The lowest BCUT2D eigenvalue weighted by molar-refractivity contribution is -0.126. The summed E-state index contributed by atoms with van der Waals surface area (Å²) in [6.45, 7) is 0.528. The van der Waals surface area contributed by atoms with E-state index in [1.807, 2.05) is 0 Å². The van der Waals surface area contributed by atoms with E-state index in [1.165, 1.54) is 0 Å².